The first-order chi connectivity index (χ1) is 9.69. The Hall–Kier alpha value is -1.95. The summed E-state index contributed by atoms with van der Waals surface area (Å²) in [6.07, 6.45) is 1.41. The highest BCUT2D eigenvalue weighted by Crippen LogP contribution is 2.39. The first kappa shape index (κ1) is 16.1. The van der Waals surface area contributed by atoms with Crippen molar-refractivity contribution in [2.75, 3.05) is 27.9 Å². The van der Waals surface area contributed by atoms with Gasteiger partial charge in [0.05, 0.1) is 27.9 Å². The van der Waals surface area contributed by atoms with Crippen molar-refractivity contribution in [1.29, 1.82) is 0 Å². The number of hydrogen-bond donors (Lipinski definition) is 0. The molecule has 0 aromatic heterocycles. The number of hydrogen-bond acceptors (Lipinski definition) is 6. The van der Waals surface area contributed by atoms with Crippen molar-refractivity contribution in [3.05, 3.63) is 24.6 Å². The number of unbranched alkanes of at least 4 members (excludes halogenated alkanes) is 1. The normalized spacial score (nSPS) is 10.0. The molecule has 1 rings (SSSR count). The van der Waals surface area contributed by atoms with E-state index in [0.29, 0.717) is 30.9 Å². The van der Waals surface area contributed by atoms with Gasteiger partial charge < -0.3 is 14.2 Å². The van der Waals surface area contributed by atoms with Gasteiger partial charge in [-0.05, 0) is 18.6 Å². The maximum atomic E-state index is 11.9. The molecule has 111 valence electrons. The largest absolute Gasteiger partial charge is 0.493 e. The number of carbonyl (C=O) groups excluding carboxylic acids is 1. The van der Waals surface area contributed by atoms with Gasteiger partial charge in [0, 0.05) is 0 Å². The molecule has 0 amide bonds. The minimum Gasteiger partial charge on any atom is -0.493 e. The molecular formula is C14H19O6. The van der Waals surface area contributed by atoms with Gasteiger partial charge in [-0.25, -0.2) is 4.79 Å². The molecule has 1 aromatic carbocycles. The van der Waals surface area contributed by atoms with E-state index in [2.05, 4.69) is 6.92 Å². The summed E-state index contributed by atoms with van der Waals surface area (Å²) in [4.78, 5) is 21.4. The summed E-state index contributed by atoms with van der Waals surface area (Å²) in [5, 5.41) is 0. The van der Waals surface area contributed by atoms with Crippen molar-refractivity contribution in [1.82, 2.24) is 0 Å². The lowest BCUT2D eigenvalue weighted by Gasteiger charge is -2.14. The topological polar surface area (TPSA) is 63.2 Å². The van der Waals surface area contributed by atoms with Crippen LogP contribution in [0.3, 0.4) is 0 Å². The lowest BCUT2D eigenvalue weighted by atomic mass is 10.1. The molecule has 0 N–H and O–H groups in total. The molecule has 0 fully saturated rings. The van der Waals surface area contributed by atoms with Crippen LogP contribution in [-0.4, -0.2) is 33.9 Å². The molecule has 0 spiro atoms. The van der Waals surface area contributed by atoms with Gasteiger partial charge in [-0.2, -0.15) is 4.89 Å². The molecule has 1 radical (unpaired) electrons. The molecule has 1 aromatic rings. The fraction of sp³-hybridized carbons (Fsp3) is 0.429. The highest BCUT2D eigenvalue weighted by Gasteiger charge is 2.22. The smallest absolute Gasteiger partial charge is 0.376 e. The van der Waals surface area contributed by atoms with Crippen LogP contribution in [0.1, 0.15) is 23.2 Å². The molecule has 0 saturated carbocycles. The molecule has 0 unspecified atom stereocenters. The Labute approximate surface area is 118 Å². The Morgan fingerprint density at radius 2 is 1.80 bits per heavy atom. The van der Waals surface area contributed by atoms with Crippen LogP contribution in [0, 0.1) is 6.92 Å². The third-order valence-electron chi connectivity index (χ3n) is 2.54. The first-order valence-corrected chi connectivity index (χ1v) is 6.11. The third-order valence-corrected chi connectivity index (χ3v) is 2.54. The zero-order valence-corrected chi connectivity index (χ0v) is 11.9. The van der Waals surface area contributed by atoms with Crippen LogP contribution in [0.4, 0.5) is 0 Å². The van der Waals surface area contributed by atoms with Crippen molar-refractivity contribution in [2.24, 2.45) is 0 Å². The molecule has 0 aliphatic rings. The van der Waals surface area contributed by atoms with Crippen molar-refractivity contribution >= 4 is 5.97 Å². The predicted molar refractivity (Wildman–Crippen MR) is 72.1 cm³/mol. The minimum absolute atomic E-state index is 0.194. The molecule has 0 heterocycles. The van der Waals surface area contributed by atoms with Crippen LogP contribution >= 0.6 is 0 Å². The molecular weight excluding hydrogens is 264 g/mol. The summed E-state index contributed by atoms with van der Waals surface area (Å²) in [7, 11) is 4.38. The zero-order chi connectivity index (χ0) is 15.0. The third kappa shape index (κ3) is 3.77. The van der Waals surface area contributed by atoms with Gasteiger partial charge in [-0.3, -0.25) is 4.89 Å². The predicted octanol–water partition coefficient (Wildman–Crippen LogP) is 2.42. The van der Waals surface area contributed by atoms with E-state index in [1.807, 2.05) is 0 Å². The quantitative estimate of drug-likeness (QED) is 0.415. The van der Waals surface area contributed by atoms with Crippen molar-refractivity contribution < 1.29 is 28.8 Å². The van der Waals surface area contributed by atoms with Gasteiger partial charge in [-0.15, -0.1) is 0 Å². The van der Waals surface area contributed by atoms with Crippen molar-refractivity contribution in [3.8, 4) is 17.2 Å². The standard InChI is InChI=1S/C14H19O6/c1-5-6-9-19-20-14(15)10-7-8-11(16-2)13(18-4)12(10)17-3/h7-8H,1,5-6,9H2,2-4H3. The second-order valence-electron chi connectivity index (χ2n) is 3.78. The number of carbonyl (C=O) groups is 1. The maximum Gasteiger partial charge on any atom is 0.376 e. The lowest BCUT2D eigenvalue weighted by molar-refractivity contribution is -0.241. The Balaban J connectivity index is 2.91. The van der Waals surface area contributed by atoms with Crippen LogP contribution in [0.15, 0.2) is 12.1 Å². The molecule has 20 heavy (non-hydrogen) atoms. The Morgan fingerprint density at radius 3 is 2.35 bits per heavy atom. The SMILES string of the molecule is [CH2]CCCOOC(=O)c1ccc(OC)c(OC)c1OC. The Bertz CT molecular complexity index is 444. The molecule has 0 aliphatic carbocycles. The number of ether oxygens (including phenoxy) is 3. The Morgan fingerprint density at radius 1 is 1.10 bits per heavy atom. The van der Waals surface area contributed by atoms with Crippen LogP contribution in [0.25, 0.3) is 0 Å². The molecule has 0 bridgehead atoms. The van der Waals surface area contributed by atoms with Gasteiger partial charge in [0.15, 0.2) is 11.5 Å². The average Bonchev–Trinajstić information content (AvgIpc) is 2.49. The van der Waals surface area contributed by atoms with E-state index < -0.39 is 5.97 Å². The minimum atomic E-state index is -0.660. The van der Waals surface area contributed by atoms with E-state index in [4.69, 9.17) is 24.0 Å². The second-order valence-corrected chi connectivity index (χ2v) is 3.78. The van der Waals surface area contributed by atoms with Crippen LogP contribution in [0.5, 0.6) is 17.2 Å². The highest BCUT2D eigenvalue weighted by atomic mass is 17.2. The van der Waals surface area contributed by atoms with E-state index in [9.17, 15) is 4.79 Å². The molecule has 0 saturated heterocycles. The van der Waals surface area contributed by atoms with Crippen LogP contribution in [0.2, 0.25) is 0 Å². The van der Waals surface area contributed by atoms with E-state index >= 15 is 0 Å². The fourth-order valence-corrected chi connectivity index (χ4v) is 1.56. The summed E-state index contributed by atoms with van der Waals surface area (Å²) >= 11 is 0. The van der Waals surface area contributed by atoms with Gasteiger partial charge in [0.25, 0.3) is 0 Å². The lowest BCUT2D eigenvalue weighted by Crippen LogP contribution is -2.09. The highest BCUT2D eigenvalue weighted by molar-refractivity contribution is 5.93. The zero-order valence-electron chi connectivity index (χ0n) is 11.9. The summed E-state index contributed by atoms with van der Waals surface area (Å²) < 4.78 is 15.5. The Kier molecular flexibility index (Phi) is 6.66. The number of methoxy groups -OCH3 is 3. The monoisotopic (exact) mass is 283 g/mol. The van der Waals surface area contributed by atoms with Gasteiger partial charge in [0.1, 0.15) is 5.56 Å². The van der Waals surface area contributed by atoms with Gasteiger partial charge in [-0.1, -0.05) is 13.3 Å². The molecule has 6 heteroatoms. The van der Waals surface area contributed by atoms with Gasteiger partial charge >= 0.3 is 5.97 Å². The maximum absolute atomic E-state index is 11.9. The summed E-state index contributed by atoms with van der Waals surface area (Å²) in [6, 6.07) is 3.11. The van der Waals surface area contributed by atoms with Gasteiger partial charge in [0.2, 0.25) is 5.75 Å². The molecule has 0 atom stereocenters. The van der Waals surface area contributed by atoms with E-state index in [1.54, 1.807) is 6.07 Å². The fourth-order valence-electron chi connectivity index (χ4n) is 1.56. The summed E-state index contributed by atoms with van der Waals surface area (Å²) in [5.41, 5.74) is 0.194. The van der Waals surface area contributed by atoms with E-state index in [0.717, 1.165) is 0 Å². The number of rotatable bonds is 8. The van der Waals surface area contributed by atoms with Crippen molar-refractivity contribution in [2.45, 2.75) is 12.8 Å². The summed E-state index contributed by atoms with van der Waals surface area (Å²) in [6.45, 7) is 3.96. The van der Waals surface area contributed by atoms with E-state index in [1.165, 1.54) is 27.4 Å². The first-order valence-electron chi connectivity index (χ1n) is 6.11. The number of benzene rings is 1. The van der Waals surface area contributed by atoms with Crippen LogP contribution in [-0.2, 0) is 9.78 Å². The molecule has 0 aliphatic heterocycles. The second kappa shape index (κ2) is 8.27. The summed E-state index contributed by atoms with van der Waals surface area (Å²) in [5.74, 6) is 0.352. The molecule has 6 nitrogen and oxygen atoms in total. The average molecular weight is 283 g/mol. The van der Waals surface area contributed by atoms with E-state index in [-0.39, 0.29) is 11.3 Å². The van der Waals surface area contributed by atoms with Crippen LogP contribution < -0.4 is 14.2 Å². The van der Waals surface area contributed by atoms with Crippen molar-refractivity contribution in [3.63, 3.8) is 0 Å².